The summed E-state index contributed by atoms with van der Waals surface area (Å²) in [5.74, 6) is 0.412. The highest BCUT2D eigenvalue weighted by molar-refractivity contribution is 7.80. The van der Waals surface area contributed by atoms with Gasteiger partial charge in [-0.15, -0.1) is 0 Å². The van der Waals surface area contributed by atoms with Crippen LogP contribution >= 0.6 is 35.4 Å². The SMILES string of the molecule is COc1ccc(NC(=O)[C@H]2[C@@H]3NC(=S)N(c4cccc(Cl)c4)[C@]2(C)Oc2ccc(Cl)cc23)cc1. The highest BCUT2D eigenvalue weighted by Crippen LogP contribution is 2.50. The van der Waals surface area contributed by atoms with Gasteiger partial charge < -0.3 is 20.1 Å². The van der Waals surface area contributed by atoms with Crippen LogP contribution in [0.3, 0.4) is 0 Å². The standard InChI is InChI=1S/C25H21Cl2N3O3S/c1-25-21(23(31)28-16-7-9-18(32-2)10-8-16)22(19-13-15(27)6-11-20(19)33-25)29-24(34)30(25)17-5-3-4-14(26)12-17/h3-13,21-22H,1-2H3,(H,28,31)(H,29,34)/t21-,22-,25-/m1/s1. The van der Waals surface area contributed by atoms with Crippen LogP contribution in [0.25, 0.3) is 0 Å². The lowest BCUT2D eigenvalue weighted by molar-refractivity contribution is -0.130. The maximum absolute atomic E-state index is 13.8. The first kappa shape index (κ1) is 22.8. The molecule has 6 nitrogen and oxygen atoms in total. The lowest BCUT2D eigenvalue weighted by atomic mass is 9.78. The molecule has 2 aliphatic rings. The van der Waals surface area contributed by atoms with Crippen LogP contribution in [0, 0.1) is 5.92 Å². The van der Waals surface area contributed by atoms with Crippen molar-refractivity contribution >= 4 is 57.8 Å². The number of hydrogen-bond donors (Lipinski definition) is 2. The molecule has 3 atom stereocenters. The topological polar surface area (TPSA) is 62.8 Å². The average molecular weight is 514 g/mol. The number of carbonyl (C=O) groups is 1. The van der Waals surface area contributed by atoms with Gasteiger partial charge in [0.25, 0.3) is 0 Å². The Morgan fingerprint density at radius 3 is 2.56 bits per heavy atom. The Labute approximate surface area is 212 Å². The highest BCUT2D eigenvalue weighted by Gasteiger charge is 2.59. The third-order valence-electron chi connectivity index (χ3n) is 6.17. The number of halogens is 2. The van der Waals surface area contributed by atoms with Gasteiger partial charge in [-0.05, 0) is 79.8 Å². The molecule has 0 aromatic heterocycles. The second-order valence-electron chi connectivity index (χ2n) is 8.28. The Hall–Kier alpha value is -3.00. The van der Waals surface area contributed by atoms with Gasteiger partial charge in [-0.25, -0.2) is 0 Å². The van der Waals surface area contributed by atoms with Crippen molar-refractivity contribution in [3.05, 3.63) is 82.3 Å². The molecule has 0 spiro atoms. The highest BCUT2D eigenvalue weighted by atomic mass is 35.5. The fraction of sp³-hybridized carbons (Fsp3) is 0.200. The summed E-state index contributed by atoms with van der Waals surface area (Å²) in [6, 6.07) is 19.4. The quantitative estimate of drug-likeness (QED) is 0.429. The lowest BCUT2D eigenvalue weighted by Gasteiger charge is -2.56. The summed E-state index contributed by atoms with van der Waals surface area (Å²) >= 11 is 18.3. The van der Waals surface area contributed by atoms with Crippen LogP contribution in [0.5, 0.6) is 11.5 Å². The number of anilines is 2. The van der Waals surface area contributed by atoms with Crippen LogP contribution in [-0.2, 0) is 4.79 Å². The van der Waals surface area contributed by atoms with E-state index in [0.29, 0.717) is 38.0 Å². The van der Waals surface area contributed by atoms with E-state index < -0.39 is 17.7 Å². The van der Waals surface area contributed by atoms with Gasteiger partial charge >= 0.3 is 0 Å². The van der Waals surface area contributed by atoms with Crippen molar-refractivity contribution in [2.24, 2.45) is 5.92 Å². The fourth-order valence-electron chi connectivity index (χ4n) is 4.65. The van der Waals surface area contributed by atoms with Crippen molar-refractivity contribution < 1.29 is 14.3 Å². The Morgan fingerprint density at radius 1 is 1.12 bits per heavy atom. The molecule has 0 unspecified atom stereocenters. The van der Waals surface area contributed by atoms with Crippen LogP contribution in [0.4, 0.5) is 11.4 Å². The zero-order valence-corrected chi connectivity index (χ0v) is 20.7. The van der Waals surface area contributed by atoms with Crippen LogP contribution in [0.1, 0.15) is 18.5 Å². The smallest absolute Gasteiger partial charge is 0.236 e. The summed E-state index contributed by atoms with van der Waals surface area (Å²) in [7, 11) is 1.59. The molecule has 174 valence electrons. The Kier molecular flexibility index (Phi) is 5.80. The zero-order chi connectivity index (χ0) is 24.0. The Balaban J connectivity index is 1.60. The molecule has 9 heteroatoms. The van der Waals surface area contributed by atoms with Gasteiger partial charge in [0.1, 0.15) is 17.4 Å². The summed E-state index contributed by atoms with van der Waals surface area (Å²) in [6.45, 7) is 1.86. The van der Waals surface area contributed by atoms with Gasteiger partial charge in [-0.3, -0.25) is 9.69 Å². The zero-order valence-electron chi connectivity index (χ0n) is 18.3. The average Bonchev–Trinajstić information content (AvgIpc) is 2.79. The van der Waals surface area contributed by atoms with E-state index in [2.05, 4.69) is 10.6 Å². The minimum absolute atomic E-state index is 0.231. The molecular weight excluding hydrogens is 493 g/mol. The van der Waals surface area contributed by atoms with Gasteiger partial charge in [0, 0.05) is 27.0 Å². The van der Waals surface area contributed by atoms with Gasteiger partial charge in [0.05, 0.1) is 13.2 Å². The van der Waals surface area contributed by atoms with Crippen molar-refractivity contribution in [3.63, 3.8) is 0 Å². The first-order valence-electron chi connectivity index (χ1n) is 10.6. The molecule has 1 fully saturated rings. The third kappa shape index (κ3) is 3.83. The number of benzene rings is 3. The second-order valence-corrected chi connectivity index (χ2v) is 9.54. The molecule has 1 amide bonds. The molecule has 2 aliphatic heterocycles. The largest absolute Gasteiger partial charge is 0.497 e. The maximum Gasteiger partial charge on any atom is 0.236 e. The van der Waals surface area contributed by atoms with E-state index in [1.54, 1.807) is 60.5 Å². The monoisotopic (exact) mass is 513 g/mol. The van der Waals surface area contributed by atoms with Crippen molar-refractivity contribution in [1.29, 1.82) is 0 Å². The number of amides is 1. The minimum Gasteiger partial charge on any atom is -0.497 e. The summed E-state index contributed by atoms with van der Waals surface area (Å²) in [5.41, 5.74) is 0.981. The van der Waals surface area contributed by atoms with Crippen LogP contribution in [-0.4, -0.2) is 23.9 Å². The predicted octanol–water partition coefficient (Wildman–Crippen LogP) is 5.80. The van der Waals surface area contributed by atoms with E-state index in [1.807, 2.05) is 25.1 Å². The minimum atomic E-state index is -1.14. The number of methoxy groups -OCH3 is 1. The molecule has 34 heavy (non-hydrogen) atoms. The molecular formula is C25H21Cl2N3O3S. The third-order valence-corrected chi connectivity index (χ3v) is 6.94. The Bertz CT molecular complexity index is 1290. The maximum atomic E-state index is 13.8. The van der Waals surface area contributed by atoms with Crippen LogP contribution in [0.15, 0.2) is 66.7 Å². The number of nitrogens with zero attached hydrogens (tertiary/aromatic N) is 1. The van der Waals surface area contributed by atoms with Crippen LogP contribution < -0.4 is 25.0 Å². The number of carbonyl (C=O) groups excluding carboxylic acids is 1. The molecule has 2 heterocycles. The predicted molar refractivity (Wildman–Crippen MR) is 138 cm³/mol. The number of ether oxygens (including phenoxy) is 2. The molecule has 0 aliphatic carbocycles. The number of thiocarbonyl (C=S) groups is 1. The van der Waals surface area contributed by atoms with E-state index in [0.717, 1.165) is 5.56 Å². The van der Waals surface area contributed by atoms with Crippen molar-refractivity contribution in [1.82, 2.24) is 5.32 Å². The number of hydrogen-bond acceptors (Lipinski definition) is 4. The van der Waals surface area contributed by atoms with Gasteiger partial charge in [0.15, 0.2) is 10.8 Å². The number of nitrogens with one attached hydrogen (secondary N) is 2. The van der Waals surface area contributed by atoms with E-state index in [1.165, 1.54) is 0 Å². The molecule has 1 saturated heterocycles. The van der Waals surface area contributed by atoms with Gasteiger partial charge in [0.2, 0.25) is 5.91 Å². The molecule has 0 radical (unpaired) electrons. The molecule has 2 N–H and O–H groups in total. The molecule has 3 aromatic rings. The summed E-state index contributed by atoms with van der Waals surface area (Å²) in [4.78, 5) is 15.6. The van der Waals surface area contributed by atoms with Crippen LogP contribution in [0.2, 0.25) is 10.0 Å². The number of rotatable bonds is 4. The normalized spacial score (nSPS) is 22.8. The summed E-state index contributed by atoms with van der Waals surface area (Å²) in [6.07, 6.45) is 0. The Morgan fingerprint density at radius 2 is 1.85 bits per heavy atom. The second kappa shape index (κ2) is 8.65. The van der Waals surface area contributed by atoms with Crippen molar-refractivity contribution in [2.45, 2.75) is 18.7 Å². The van der Waals surface area contributed by atoms with Gasteiger partial charge in [-0.1, -0.05) is 29.3 Å². The van der Waals surface area contributed by atoms with Crippen molar-refractivity contribution in [3.8, 4) is 11.5 Å². The first-order chi connectivity index (χ1) is 16.3. The van der Waals surface area contributed by atoms with E-state index in [9.17, 15) is 4.79 Å². The van der Waals surface area contributed by atoms with E-state index >= 15 is 0 Å². The van der Waals surface area contributed by atoms with Crippen molar-refractivity contribution in [2.75, 3.05) is 17.3 Å². The van der Waals surface area contributed by atoms with E-state index in [-0.39, 0.29) is 5.91 Å². The fourth-order valence-corrected chi connectivity index (χ4v) is 5.43. The molecule has 3 aromatic carbocycles. The van der Waals surface area contributed by atoms with E-state index in [4.69, 9.17) is 44.9 Å². The molecule has 2 bridgehead atoms. The lowest BCUT2D eigenvalue weighted by Crippen LogP contribution is -2.72. The van der Waals surface area contributed by atoms with Gasteiger partial charge in [-0.2, -0.15) is 0 Å². The molecule has 0 saturated carbocycles. The number of fused-ring (bicyclic) bond motifs is 4. The first-order valence-corrected chi connectivity index (χ1v) is 11.8. The summed E-state index contributed by atoms with van der Waals surface area (Å²) in [5, 5.41) is 7.89. The molecule has 5 rings (SSSR count). The summed E-state index contributed by atoms with van der Waals surface area (Å²) < 4.78 is 11.8.